The third kappa shape index (κ3) is 3.41. The van der Waals surface area contributed by atoms with Crippen molar-refractivity contribution in [3.8, 4) is 5.75 Å². The molecule has 0 bridgehead atoms. The summed E-state index contributed by atoms with van der Waals surface area (Å²) in [6.07, 6.45) is 4.02. The molecule has 2 aromatic rings. The van der Waals surface area contributed by atoms with Gasteiger partial charge >= 0.3 is 0 Å². The van der Waals surface area contributed by atoms with E-state index in [9.17, 15) is 0 Å². The van der Waals surface area contributed by atoms with E-state index < -0.39 is 0 Å². The van der Waals surface area contributed by atoms with E-state index in [-0.39, 0.29) is 6.04 Å². The molecule has 1 atom stereocenters. The maximum absolute atomic E-state index is 5.81. The third-order valence-corrected chi connectivity index (χ3v) is 4.22. The lowest BCUT2D eigenvalue weighted by molar-refractivity contribution is 0.303. The smallest absolute Gasteiger partial charge is 0.119 e. The number of ether oxygens (including phenoxy) is 1. The zero-order chi connectivity index (χ0) is 13.8. The molecule has 1 heterocycles. The molecule has 1 fully saturated rings. The summed E-state index contributed by atoms with van der Waals surface area (Å²) in [5.41, 5.74) is 2.65. The standard InChI is InChI=1S/C17H21NOS/c1-2-10-18-17(14-9-11-20-12-14)13-3-5-15(6-4-13)19-16-7-8-16/h3-6,9,11-12,16-18H,2,7-8,10H2,1H3. The molecule has 0 saturated heterocycles. The minimum absolute atomic E-state index is 0.288. The van der Waals surface area contributed by atoms with Gasteiger partial charge < -0.3 is 10.1 Å². The van der Waals surface area contributed by atoms with E-state index in [4.69, 9.17) is 4.74 Å². The van der Waals surface area contributed by atoms with Crippen molar-refractivity contribution in [2.24, 2.45) is 0 Å². The van der Waals surface area contributed by atoms with Crippen LogP contribution in [0.4, 0.5) is 0 Å². The van der Waals surface area contributed by atoms with Gasteiger partial charge in [-0.05, 0) is 65.9 Å². The zero-order valence-corrected chi connectivity index (χ0v) is 12.7. The highest BCUT2D eigenvalue weighted by atomic mass is 32.1. The summed E-state index contributed by atoms with van der Waals surface area (Å²) >= 11 is 1.75. The van der Waals surface area contributed by atoms with E-state index in [0.29, 0.717) is 6.10 Å². The van der Waals surface area contributed by atoms with Gasteiger partial charge in [0.15, 0.2) is 0 Å². The van der Waals surface area contributed by atoms with Crippen molar-refractivity contribution >= 4 is 11.3 Å². The number of hydrogen-bond acceptors (Lipinski definition) is 3. The highest BCUT2D eigenvalue weighted by molar-refractivity contribution is 7.08. The Kier molecular flexibility index (Phi) is 4.38. The molecule has 106 valence electrons. The minimum Gasteiger partial charge on any atom is -0.490 e. The van der Waals surface area contributed by atoms with Gasteiger partial charge in [-0.25, -0.2) is 0 Å². The van der Waals surface area contributed by atoms with Crippen molar-refractivity contribution in [2.75, 3.05) is 6.54 Å². The van der Waals surface area contributed by atoms with Gasteiger partial charge in [-0.15, -0.1) is 0 Å². The molecule has 3 rings (SSSR count). The quantitative estimate of drug-likeness (QED) is 0.816. The first-order valence-corrected chi connectivity index (χ1v) is 8.33. The van der Waals surface area contributed by atoms with Crippen LogP contribution in [0, 0.1) is 0 Å². The minimum atomic E-state index is 0.288. The van der Waals surface area contributed by atoms with Crippen molar-refractivity contribution < 1.29 is 4.74 Å². The molecule has 1 N–H and O–H groups in total. The largest absolute Gasteiger partial charge is 0.490 e. The second-order valence-electron chi connectivity index (χ2n) is 5.33. The number of thiophene rings is 1. The van der Waals surface area contributed by atoms with Crippen molar-refractivity contribution in [3.05, 3.63) is 52.2 Å². The predicted molar refractivity (Wildman–Crippen MR) is 84.5 cm³/mol. The van der Waals surface area contributed by atoms with Crippen LogP contribution in [0.1, 0.15) is 43.4 Å². The average molecular weight is 287 g/mol. The van der Waals surface area contributed by atoms with Crippen molar-refractivity contribution in [1.29, 1.82) is 0 Å². The molecule has 1 unspecified atom stereocenters. The van der Waals surface area contributed by atoms with E-state index in [1.54, 1.807) is 11.3 Å². The predicted octanol–water partition coefficient (Wildman–Crippen LogP) is 4.38. The Hall–Kier alpha value is -1.32. The summed E-state index contributed by atoms with van der Waals surface area (Å²) in [6.45, 7) is 3.23. The SMILES string of the molecule is CCCNC(c1ccc(OC2CC2)cc1)c1ccsc1. The molecule has 1 aromatic heterocycles. The first kappa shape index (κ1) is 13.7. The first-order valence-electron chi connectivity index (χ1n) is 7.39. The number of hydrogen-bond donors (Lipinski definition) is 1. The van der Waals surface area contributed by atoms with Crippen molar-refractivity contribution in [1.82, 2.24) is 5.32 Å². The van der Waals surface area contributed by atoms with Gasteiger partial charge in [0.1, 0.15) is 5.75 Å². The molecule has 20 heavy (non-hydrogen) atoms. The summed E-state index contributed by atoms with van der Waals surface area (Å²) in [6, 6.07) is 11.1. The number of nitrogens with one attached hydrogen (secondary N) is 1. The lowest BCUT2D eigenvalue weighted by Crippen LogP contribution is -2.22. The van der Waals surface area contributed by atoms with Crippen LogP contribution in [0.25, 0.3) is 0 Å². The van der Waals surface area contributed by atoms with Crippen molar-refractivity contribution in [3.63, 3.8) is 0 Å². The van der Waals surface area contributed by atoms with E-state index in [2.05, 4.69) is 53.3 Å². The number of benzene rings is 1. The average Bonchev–Trinajstić information content (AvgIpc) is 3.12. The summed E-state index contributed by atoms with van der Waals surface area (Å²) in [7, 11) is 0. The van der Waals surface area contributed by atoms with Gasteiger partial charge in [0.05, 0.1) is 12.1 Å². The second-order valence-corrected chi connectivity index (χ2v) is 6.11. The van der Waals surface area contributed by atoms with Crippen LogP contribution >= 0.6 is 11.3 Å². The van der Waals surface area contributed by atoms with Crippen LogP contribution in [-0.2, 0) is 0 Å². The van der Waals surface area contributed by atoms with Crippen LogP contribution in [0.2, 0.25) is 0 Å². The maximum Gasteiger partial charge on any atom is 0.119 e. The molecular formula is C17H21NOS. The second kappa shape index (κ2) is 6.42. The molecular weight excluding hydrogens is 266 g/mol. The van der Waals surface area contributed by atoms with Gasteiger partial charge in [-0.2, -0.15) is 11.3 Å². The first-order chi connectivity index (χ1) is 9.86. The molecule has 3 heteroatoms. The molecule has 2 nitrogen and oxygen atoms in total. The van der Waals surface area contributed by atoms with Gasteiger partial charge in [0.2, 0.25) is 0 Å². The summed E-state index contributed by atoms with van der Waals surface area (Å²) < 4.78 is 5.81. The van der Waals surface area contributed by atoms with Crippen LogP contribution in [-0.4, -0.2) is 12.6 Å². The fourth-order valence-corrected chi connectivity index (χ4v) is 2.96. The number of rotatable bonds is 7. The molecule has 1 saturated carbocycles. The zero-order valence-electron chi connectivity index (χ0n) is 11.8. The van der Waals surface area contributed by atoms with E-state index >= 15 is 0 Å². The summed E-state index contributed by atoms with van der Waals surface area (Å²) in [4.78, 5) is 0. The molecule has 0 amide bonds. The van der Waals surface area contributed by atoms with E-state index in [0.717, 1.165) is 18.7 Å². The topological polar surface area (TPSA) is 21.3 Å². The summed E-state index contributed by atoms with van der Waals surface area (Å²) in [5.74, 6) is 0.996. The fraction of sp³-hybridized carbons (Fsp3) is 0.412. The normalized spacial score (nSPS) is 16.1. The lowest BCUT2D eigenvalue weighted by atomic mass is 10.0. The lowest BCUT2D eigenvalue weighted by Gasteiger charge is -2.18. The highest BCUT2D eigenvalue weighted by Gasteiger charge is 2.23. The molecule has 0 radical (unpaired) electrons. The van der Waals surface area contributed by atoms with Crippen LogP contribution < -0.4 is 10.1 Å². The van der Waals surface area contributed by atoms with E-state index in [1.807, 2.05) is 0 Å². The van der Waals surface area contributed by atoms with Gasteiger partial charge in [-0.1, -0.05) is 19.1 Å². The Morgan fingerprint density at radius 1 is 1.20 bits per heavy atom. The Bertz CT molecular complexity index is 516. The van der Waals surface area contributed by atoms with Crippen molar-refractivity contribution in [2.45, 2.75) is 38.3 Å². The highest BCUT2D eigenvalue weighted by Crippen LogP contribution is 2.29. The summed E-state index contributed by atoms with van der Waals surface area (Å²) in [5, 5.41) is 7.99. The van der Waals surface area contributed by atoms with Crippen LogP contribution in [0.5, 0.6) is 5.75 Å². The Morgan fingerprint density at radius 3 is 2.60 bits per heavy atom. The Morgan fingerprint density at radius 2 is 2.00 bits per heavy atom. The van der Waals surface area contributed by atoms with Crippen LogP contribution in [0.3, 0.4) is 0 Å². The molecule has 0 aliphatic heterocycles. The van der Waals surface area contributed by atoms with Gasteiger partial charge in [-0.3, -0.25) is 0 Å². The van der Waals surface area contributed by atoms with Gasteiger partial charge in [0, 0.05) is 0 Å². The monoisotopic (exact) mass is 287 g/mol. The molecule has 1 aliphatic carbocycles. The Labute approximate surface area is 124 Å². The Balaban J connectivity index is 1.75. The fourth-order valence-electron chi connectivity index (χ4n) is 2.27. The molecule has 0 spiro atoms. The third-order valence-electron chi connectivity index (χ3n) is 3.52. The maximum atomic E-state index is 5.81. The molecule has 1 aliphatic rings. The van der Waals surface area contributed by atoms with Gasteiger partial charge in [0.25, 0.3) is 0 Å². The van der Waals surface area contributed by atoms with E-state index in [1.165, 1.54) is 24.0 Å². The van der Waals surface area contributed by atoms with Crippen LogP contribution in [0.15, 0.2) is 41.1 Å². The molecule has 1 aromatic carbocycles.